The number of hydrogen-bond donors (Lipinski definition) is 0. The van der Waals surface area contributed by atoms with Crippen molar-refractivity contribution in [3.63, 3.8) is 0 Å². The van der Waals surface area contributed by atoms with Crippen LogP contribution in [0.25, 0.3) is 5.53 Å². The van der Waals surface area contributed by atoms with Crippen molar-refractivity contribution in [3.8, 4) is 0 Å². The summed E-state index contributed by atoms with van der Waals surface area (Å²) in [5, 5.41) is 0. The van der Waals surface area contributed by atoms with Crippen LogP contribution in [-0.2, 0) is 4.74 Å². The molecule has 0 fully saturated rings. The summed E-state index contributed by atoms with van der Waals surface area (Å²) < 4.78 is 5.08. The zero-order chi connectivity index (χ0) is 9.84. The van der Waals surface area contributed by atoms with E-state index in [1.165, 1.54) is 0 Å². The standard InChI is InChI=1S/C9H13N3O/c1-12(2)7-4-5-8(11-10)9(6-7)13-3/h4,6H,5H2,1-3H3. The van der Waals surface area contributed by atoms with E-state index in [1.54, 1.807) is 7.11 Å². The van der Waals surface area contributed by atoms with Crippen molar-refractivity contribution >= 4 is 5.71 Å². The molecule has 13 heavy (non-hydrogen) atoms. The summed E-state index contributed by atoms with van der Waals surface area (Å²) in [6.07, 6.45) is 4.43. The van der Waals surface area contributed by atoms with Gasteiger partial charge in [0.05, 0.1) is 13.5 Å². The van der Waals surface area contributed by atoms with E-state index in [2.05, 4.69) is 4.79 Å². The lowest BCUT2D eigenvalue weighted by atomic mass is 10.1. The van der Waals surface area contributed by atoms with Crippen molar-refractivity contribution in [3.05, 3.63) is 29.1 Å². The molecule has 0 amide bonds. The zero-order valence-corrected chi connectivity index (χ0v) is 8.11. The Morgan fingerprint density at radius 3 is 2.69 bits per heavy atom. The summed E-state index contributed by atoms with van der Waals surface area (Å²) in [6, 6.07) is 0. The third-order valence-corrected chi connectivity index (χ3v) is 1.92. The molecule has 0 N–H and O–H groups in total. The molecule has 0 heterocycles. The summed E-state index contributed by atoms with van der Waals surface area (Å²) in [7, 11) is 5.48. The van der Waals surface area contributed by atoms with E-state index in [4.69, 9.17) is 10.3 Å². The van der Waals surface area contributed by atoms with Gasteiger partial charge in [-0.05, 0) is 6.08 Å². The van der Waals surface area contributed by atoms with Gasteiger partial charge in [-0.2, -0.15) is 4.79 Å². The molecule has 0 saturated carbocycles. The highest BCUT2D eigenvalue weighted by Crippen LogP contribution is 2.15. The third-order valence-electron chi connectivity index (χ3n) is 1.92. The molecule has 1 rings (SSSR count). The second kappa shape index (κ2) is 3.92. The highest BCUT2D eigenvalue weighted by molar-refractivity contribution is 5.96. The fraction of sp³-hybridized carbons (Fsp3) is 0.444. The first-order valence-corrected chi connectivity index (χ1v) is 4.03. The molecule has 0 bridgehead atoms. The summed E-state index contributed by atoms with van der Waals surface area (Å²) in [5.41, 5.74) is 10.3. The Labute approximate surface area is 77.7 Å². The number of hydrogen-bond acceptors (Lipinski definition) is 2. The Kier molecular flexibility index (Phi) is 2.88. The maximum atomic E-state index is 8.64. The van der Waals surface area contributed by atoms with E-state index >= 15 is 0 Å². The van der Waals surface area contributed by atoms with Crippen LogP contribution >= 0.6 is 0 Å². The van der Waals surface area contributed by atoms with E-state index in [0.29, 0.717) is 17.9 Å². The van der Waals surface area contributed by atoms with Crippen LogP contribution in [0.2, 0.25) is 0 Å². The molecule has 0 aromatic rings. The number of methoxy groups -OCH3 is 1. The lowest BCUT2D eigenvalue weighted by Crippen LogP contribution is -2.17. The van der Waals surface area contributed by atoms with Crippen molar-refractivity contribution in [1.29, 1.82) is 0 Å². The maximum Gasteiger partial charge on any atom is 0.337 e. The molecule has 1 aliphatic rings. The quantitative estimate of drug-likeness (QED) is 0.469. The number of allylic oxidation sites excluding steroid dienone is 3. The topological polar surface area (TPSA) is 48.9 Å². The van der Waals surface area contributed by atoms with Gasteiger partial charge in [0.1, 0.15) is 0 Å². The predicted octanol–water partition coefficient (Wildman–Crippen LogP) is 1.04. The zero-order valence-electron chi connectivity index (χ0n) is 8.11. The van der Waals surface area contributed by atoms with Gasteiger partial charge < -0.3 is 15.2 Å². The minimum atomic E-state index is 0.563. The van der Waals surface area contributed by atoms with Crippen LogP contribution in [0.4, 0.5) is 0 Å². The average molecular weight is 179 g/mol. The first kappa shape index (κ1) is 9.55. The van der Waals surface area contributed by atoms with Gasteiger partial charge in [0.15, 0.2) is 0 Å². The molecule has 4 heteroatoms. The predicted molar refractivity (Wildman–Crippen MR) is 50.1 cm³/mol. The maximum absolute atomic E-state index is 8.64. The largest absolute Gasteiger partial charge is 0.490 e. The average Bonchev–Trinajstić information content (AvgIpc) is 2.16. The summed E-state index contributed by atoms with van der Waals surface area (Å²) in [5.74, 6) is 0.619. The normalized spacial score (nSPS) is 15.8. The van der Waals surface area contributed by atoms with Crippen LogP contribution < -0.4 is 0 Å². The minimum absolute atomic E-state index is 0.563. The molecule has 0 aromatic carbocycles. The Hall–Kier alpha value is -1.54. The van der Waals surface area contributed by atoms with Gasteiger partial charge in [-0.25, -0.2) is 0 Å². The van der Waals surface area contributed by atoms with Crippen molar-refractivity contribution in [2.24, 2.45) is 0 Å². The lowest BCUT2D eigenvalue weighted by Gasteiger charge is -2.16. The van der Waals surface area contributed by atoms with Crippen LogP contribution in [0.1, 0.15) is 6.42 Å². The highest BCUT2D eigenvalue weighted by atomic mass is 16.5. The minimum Gasteiger partial charge on any atom is -0.490 e. The van der Waals surface area contributed by atoms with Crippen molar-refractivity contribution in [2.45, 2.75) is 6.42 Å². The van der Waals surface area contributed by atoms with Crippen LogP contribution in [0, 0.1) is 0 Å². The molecular weight excluding hydrogens is 166 g/mol. The van der Waals surface area contributed by atoms with E-state index in [0.717, 1.165) is 5.70 Å². The Bertz CT molecular complexity index is 309. The smallest absolute Gasteiger partial charge is 0.337 e. The molecule has 70 valence electrons. The molecule has 0 radical (unpaired) electrons. The van der Waals surface area contributed by atoms with Crippen molar-refractivity contribution in [1.82, 2.24) is 4.90 Å². The second-order valence-electron chi connectivity index (χ2n) is 2.99. The van der Waals surface area contributed by atoms with E-state index in [-0.39, 0.29) is 0 Å². The fourth-order valence-corrected chi connectivity index (χ4v) is 1.16. The summed E-state index contributed by atoms with van der Waals surface area (Å²) in [4.78, 5) is 5.13. The number of ether oxygens (including phenoxy) is 1. The van der Waals surface area contributed by atoms with Crippen molar-refractivity contribution in [2.75, 3.05) is 21.2 Å². The van der Waals surface area contributed by atoms with Gasteiger partial charge in [-0.1, -0.05) is 0 Å². The Morgan fingerprint density at radius 2 is 2.23 bits per heavy atom. The van der Waals surface area contributed by atoms with E-state index in [1.807, 2.05) is 31.1 Å². The van der Waals surface area contributed by atoms with E-state index in [9.17, 15) is 0 Å². The van der Waals surface area contributed by atoms with Gasteiger partial charge in [0, 0.05) is 25.9 Å². The molecule has 0 aliphatic heterocycles. The number of rotatable bonds is 2. The SMILES string of the molecule is COC1=CC(N(C)C)=CCC1=[N+]=[N-]. The molecule has 1 aliphatic carbocycles. The monoisotopic (exact) mass is 179 g/mol. The van der Waals surface area contributed by atoms with Crippen LogP contribution in [0.3, 0.4) is 0 Å². The molecule has 0 unspecified atom stereocenters. The number of likely N-dealkylation sites (N-methyl/N-ethyl adjacent to an activating group) is 1. The summed E-state index contributed by atoms with van der Waals surface area (Å²) in [6.45, 7) is 0. The molecular formula is C9H13N3O. The first-order valence-electron chi connectivity index (χ1n) is 4.03. The van der Waals surface area contributed by atoms with Gasteiger partial charge in [-0.3, -0.25) is 0 Å². The number of nitrogens with zero attached hydrogens (tertiary/aromatic N) is 3. The first-order chi connectivity index (χ1) is 6.19. The molecule has 0 atom stereocenters. The summed E-state index contributed by atoms with van der Waals surface area (Å²) >= 11 is 0. The van der Waals surface area contributed by atoms with Crippen LogP contribution in [0.15, 0.2) is 23.6 Å². The molecule has 0 spiro atoms. The molecule has 4 nitrogen and oxygen atoms in total. The Morgan fingerprint density at radius 1 is 1.54 bits per heavy atom. The molecule has 0 saturated heterocycles. The van der Waals surface area contributed by atoms with Gasteiger partial charge in [-0.15, -0.1) is 0 Å². The van der Waals surface area contributed by atoms with Gasteiger partial charge in [0.25, 0.3) is 0 Å². The van der Waals surface area contributed by atoms with Crippen molar-refractivity contribution < 1.29 is 9.53 Å². The third kappa shape index (κ3) is 1.98. The second-order valence-corrected chi connectivity index (χ2v) is 2.99. The van der Waals surface area contributed by atoms with Gasteiger partial charge in [0.2, 0.25) is 5.76 Å². The van der Waals surface area contributed by atoms with E-state index < -0.39 is 0 Å². The lowest BCUT2D eigenvalue weighted by molar-refractivity contribution is -0.0110. The highest BCUT2D eigenvalue weighted by Gasteiger charge is 2.20. The Balaban J connectivity index is 2.96. The fourth-order valence-electron chi connectivity index (χ4n) is 1.16. The van der Waals surface area contributed by atoms with Gasteiger partial charge >= 0.3 is 5.71 Å². The van der Waals surface area contributed by atoms with Crippen LogP contribution in [0.5, 0.6) is 0 Å². The van der Waals surface area contributed by atoms with Crippen LogP contribution in [-0.4, -0.2) is 36.6 Å². The molecule has 0 aromatic heterocycles.